The van der Waals surface area contributed by atoms with Crippen molar-refractivity contribution in [2.24, 2.45) is 0 Å². The summed E-state index contributed by atoms with van der Waals surface area (Å²) in [6.45, 7) is 7.66. The molecule has 0 radical (unpaired) electrons. The van der Waals surface area contributed by atoms with Gasteiger partial charge in [-0.15, -0.1) is 0 Å². The second-order valence-corrected chi connectivity index (χ2v) is 5.42. The highest BCUT2D eigenvalue weighted by atomic mass is 16.6. The zero-order valence-corrected chi connectivity index (χ0v) is 11.9. The minimum atomic E-state index is -0.462. The van der Waals surface area contributed by atoms with Crippen molar-refractivity contribution in [3.05, 3.63) is 35.4 Å². The van der Waals surface area contributed by atoms with Gasteiger partial charge in [-0.2, -0.15) is 5.26 Å². The molecule has 0 saturated heterocycles. The molecule has 0 amide bonds. The van der Waals surface area contributed by atoms with Gasteiger partial charge in [-0.3, -0.25) is 4.79 Å². The van der Waals surface area contributed by atoms with Crippen LogP contribution in [0.15, 0.2) is 24.3 Å². The van der Waals surface area contributed by atoms with Crippen molar-refractivity contribution in [2.45, 2.75) is 39.3 Å². The molecule has 0 heterocycles. The molecule has 0 unspecified atom stereocenters. The summed E-state index contributed by atoms with van der Waals surface area (Å²) in [5, 5.41) is 11.8. The van der Waals surface area contributed by atoms with Crippen LogP contribution in [0.5, 0.6) is 0 Å². The highest BCUT2D eigenvalue weighted by Gasteiger charge is 2.16. The topological polar surface area (TPSA) is 62.1 Å². The van der Waals surface area contributed by atoms with Gasteiger partial charge >= 0.3 is 5.97 Å². The van der Waals surface area contributed by atoms with Gasteiger partial charge in [0.05, 0.1) is 18.2 Å². The maximum Gasteiger partial charge on any atom is 0.320 e. The van der Waals surface area contributed by atoms with E-state index in [1.54, 1.807) is 12.1 Å². The van der Waals surface area contributed by atoms with Gasteiger partial charge in [0, 0.05) is 6.04 Å². The molecule has 0 aliphatic rings. The van der Waals surface area contributed by atoms with Gasteiger partial charge in [0.15, 0.2) is 0 Å². The van der Waals surface area contributed by atoms with Crippen LogP contribution in [-0.4, -0.2) is 18.1 Å². The number of esters is 1. The average Bonchev–Trinajstić information content (AvgIpc) is 2.34. The number of nitrogens with one attached hydrogen (secondary N) is 1. The minimum Gasteiger partial charge on any atom is -0.459 e. The number of hydrogen-bond donors (Lipinski definition) is 1. The lowest BCUT2D eigenvalue weighted by Gasteiger charge is -2.21. The number of carbonyl (C=O) groups is 1. The number of hydrogen-bond acceptors (Lipinski definition) is 4. The third-order valence-electron chi connectivity index (χ3n) is 2.51. The lowest BCUT2D eigenvalue weighted by atomic mass is 10.1. The van der Waals surface area contributed by atoms with Crippen molar-refractivity contribution in [2.75, 3.05) is 6.54 Å². The van der Waals surface area contributed by atoms with Crippen LogP contribution in [-0.2, 0) is 9.53 Å². The van der Waals surface area contributed by atoms with Crippen LogP contribution in [0, 0.1) is 11.3 Å². The number of rotatable bonds is 4. The summed E-state index contributed by atoms with van der Waals surface area (Å²) in [5.41, 5.74) is 1.20. The third kappa shape index (κ3) is 5.54. The molecule has 0 fully saturated rings. The Morgan fingerprint density at radius 2 is 1.95 bits per heavy atom. The summed E-state index contributed by atoms with van der Waals surface area (Å²) in [4.78, 5) is 11.6. The summed E-state index contributed by atoms with van der Waals surface area (Å²) in [5.74, 6) is -0.270. The fraction of sp³-hybridized carbons (Fsp3) is 0.467. The third-order valence-corrected chi connectivity index (χ3v) is 2.51. The van der Waals surface area contributed by atoms with Crippen LogP contribution >= 0.6 is 0 Å². The summed E-state index contributed by atoms with van der Waals surface area (Å²) in [6.07, 6.45) is 0. The van der Waals surface area contributed by atoms with Gasteiger partial charge in [0.2, 0.25) is 0 Å². The summed E-state index contributed by atoms with van der Waals surface area (Å²) >= 11 is 0. The maximum absolute atomic E-state index is 11.6. The molecular formula is C15H20N2O2. The van der Waals surface area contributed by atoms with Crippen LogP contribution < -0.4 is 5.32 Å². The average molecular weight is 260 g/mol. The molecule has 1 aromatic rings. The van der Waals surface area contributed by atoms with Crippen LogP contribution in [0.2, 0.25) is 0 Å². The van der Waals surface area contributed by atoms with Crippen LogP contribution in [0.4, 0.5) is 0 Å². The van der Waals surface area contributed by atoms with E-state index in [4.69, 9.17) is 10.00 Å². The van der Waals surface area contributed by atoms with Crippen molar-refractivity contribution < 1.29 is 9.53 Å². The zero-order valence-electron chi connectivity index (χ0n) is 11.9. The van der Waals surface area contributed by atoms with Gasteiger partial charge < -0.3 is 10.1 Å². The SMILES string of the molecule is C[C@H](NCC(=O)OC(C)(C)C)c1ccc(C#N)cc1. The second kappa shape index (κ2) is 6.35. The van der Waals surface area contributed by atoms with E-state index in [1.165, 1.54) is 0 Å². The van der Waals surface area contributed by atoms with Crippen molar-refractivity contribution in [1.82, 2.24) is 5.32 Å². The van der Waals surface area contributed by atoms with Crippen LogP contribution in [0.3, 0.4) is 0 Å². The largest absolute Gasteiger partial charge is 0.459 e. The molecule has 0 saturated carbocycles. The first kappa shape index (κ1) is 15.2. The first-order chi connectivity index (χ1) is 8.81. The number of carbonyl (C=O) groups excluding carboxylic acids is 1. The van der Waals surface area contributed by atoms with E-state index in [0.29, 0.717) is 5.56 Å². The molecule has 1 N–H and O–H groups in total. The smallest absolute Gasteiger partial charge is 0.320 e. The minimum absolute atomic E-state index is 0.0280. The number of nitrogens with zero attached hydrogens (tertiary/aromatic N) is 1. The quantitative estimate of drug-likeness (QED) is 0.845. The second-order valence-electron chi connectivity index (χ2n) is 5.42. The lowest BCUT2D eigenvalue weighted by molar-refractivity contribution is -0.153. The number of benzene rings is 1. The highest BCUT2D eigenvalue weighted by molar-refractivity contribution is 5.72. The van der Waals surface area contributed by atoms with Crippen LogP contribution in [0.25, 0.3) is 0 Å². The van der Waals surface area contributed by atoms with E-state index in [-0.39, 0.29) is 18.6 Å². The first-order valence-electron chi connectivity index (χ1n) is 6.27. The van der Waals surface area contributed by atoms with Crippen LogP contribution in [0.1, 0.15) is 44.9 Å². The molecule has 0 aliphatic carbocycles. The molecule has 0 spiro atoms. The Balaban J connectivity index is 2.49. The Labute approximate surface area is 114 Å². The molecule has 0 bridgehead atoms. The molecule has 1 atom stereocenters. The molecule has 1 aromatic carbocycles. The van der Waals surface area contributed by atoms with Gasteiger partial charge in [-0.25, -0.2) is 0 Å². The summed E-state index contributed by atoms with van der Waals surface area (Å²) in [7, 11) is 0. The zero-order chi connectivity index (χ0) is 14.5. The molecule has 0 aromatic heterocycles. The molecule has 19 heavy (non-hydrogen) atoms. The van der Waals surface area contributed by atoms with Crippen molar-refractivity contribution in [3.8, 4) is 6.07 Å². The normalized spacial score (nSPS) is 12.6. The Hall–Kier alpha value is -1.86. The predicted molar refractivity (Wildman–Crippen MR) is 73.4 cm³/mol. The fourth-order valence-electron chi connectivity index (χ4n) is 1.58. The van der Waals surface area contributed by atoms with Crippen molar-refractivity contribution in [3.63, 3.8) is 0 Å². The van der Waals surface area contributed by atoms with Gasteiger partial charge in [-0.05, 0) is 45.4 Å². The maximum atomic E-state index is 11.6. The Morgan fingerprint density at radius 1 is 1.37 bits per heavy atom. The molecule has 102 valence electrons. The summed E-state index contributed by atoms with van der Waals surface area (Å²) < 4.78 is 5.22. The molecular weight excluding hydrogens is 240 g/mol. The van der Waals surface area contributed by atoms with E-state index >= 15 is 0 Å². The van der Waals surface area contributed by atoms with Crippen molar-refractivity contribution >= 4 is 5.97 Å². The monoisotopic (exact) mass is 260 g/mol. The first-order valence-corrected chi connectivity index (χ1v) is 6.27. The predicted octanol–water partition coefficient (Wildman–Crippen LogP) is 2.55. The number of ether oxygens (including phenoxy) is 1. The summed E-state index contributed by atoms with van der Waals surface area (Å²) in [6, 6.07) is 9.39. The van der Waals surface area contributed by atoms with E-state index in [0.717, 1.165) is 5.56 Å². The Kier molecular flexibility index (Phi) is 5.08. The molecule has 4 heteroatoms. The molecule has 1 rings (SSSR count). The van der Waals surface area contributed by atoms with E-state index in [2.05, 4.69) is 11.4 Å². The Morgan fingerprint density at radius 3 is 2.42 bits per heavy atom. The van der Waals surface area contributed by atoms with Crippen molar-refractivity contribution in [1.29, 1.82) is 5.26 Å². The Bertz CT molecular complexity index is 466. The van der Waals surface area contributed by atoms with E-state index in [9.17, 15) is 4.79 Å². The van der Waals surface area contributed by atoms with Gasteiger partial charge in [0.25, 0.3) is 0 Å². The standard InChI is InChI=1S/C15H20N2O2/c1-11(13-7-5-12(9-16)6-8-13)17-10-14(18)19-15(2,3)4/h5-8,11,17H,10H2,1-4H3/t11-/m0/s1. The highest BCUT2D eigenvalue weighted by Crippen LogP contribution is 2.13. The molecule has 4 nitrogen and oxygen atoms in total. The lowest BCUT2D eigenvalue weighted by Crippen LogP contribution is -2.32. The fourth-order valence-corrected chi connectivity index (χ4v) is 1.58. The van der Waals surface area contributed by atoms with Gasteiger partial charge in [0.1, 0.15) is 5.60 Å². The van der Waals surface area contributed by atoms with E-state index in [1.807, 2.05) is 39.8 Å². The molecule has 0 aliphatic heterocycles. The number of nitriles is 1. The van der Waals surface area contributed by atoms with E-state index < -0.39 is 5.60 Å². The van der Waals surface area contributed by atoms with Gasteiger partial charge in [-0.1, -0.05) is 12.1 Å².